The zero-order chi connectivity index (χ0) is 15.6. The molecule has 0 amide bonds. The van der Waals surface area contributed by atoms with Gasteiger partial charge in [-0.2, -0.15) is 0 Å². The predicted octanol–water partition coefficient (Wildman–Crippen LogP) is 1.04. The third kappa shape index (κ3) is 3.43. The lowest BCUT2D eigenvalue weighted by molar-refractivity contribution is -0.164. The summed E-state index contributed by atoms with van der Waals surface area (Å²) in [5, 5.41) is 0. The molecule has 2 atom stereocenters. The van der Waals surface area contributed by atoms with Crippen LogP contribution in [0.3, 0.4) is 0 Å². The van der Waals surface area contributed by atoms with E-state index in [1.54, 1.807) is 13.8 Å². The summed E-state index contributed by atoms with van der Waals surface area (Å²) in [6.07, 6.45) is 0.166. The van der Waals surface area contributed by atoms with E-state index in [0.29, 0.717) is 0 Å². The number of esters is 2. The molecule has 2 aliphatic heterocycles. The Bertz CT molecular complexity index is 492. The molecule has 21 heavy (non-hydrogen) atoms. The van der Waals surface area contributed by atoms with E-state index in [1.807, 2.05) is 0 Å². The van der Waals surface area contributed by atoms with Gasteiger partial charge in [0.25, 0.3) is 5.76 Å². The van der Waals surface area contributed by atoms with E-state index in [0.717, 1.165) is 0 Å². The molecule has 1 saturated heterocycles. The van der Waals surface area contributed by atoms with Crippen LogP contribution in [0.25, 0.3) is 0 Å². The Morgan fingerprint density at radius 3 is 2.76 bits per heavy atom. The van der Waals surface area contributed by atoms with Crippen LogP contribution in [-0.4, -0.2) is 43.1 Å². The number of carbonyl (C=O) groups excluding carboxylic acids is 2. The first-order valence-electron chi connectivity index (χ1n) is 6.53. The van der Waals surface area contributed by atoms with Crippen LogP contribution in [0.1, 0.15) is 20.8 Å². The smallest absolute Gasteiger partial charge is 0.378 e. The number of hydrogen-bond donors (Lipinski definition) is 0. The van der Waals surface area contributed by atoms with Crippen molar-refractivity contribution in [1.29, 1.82) is 0 Å². The van der Waals surface area contributed by atoms with Gasteiger partial charge >= 0.3 is 11.9 Å². The Morgan fingerprint density at radius 1 is 1.52 bits per heavy atom. The van der Waals surface area contributed by atoms with Gasteiger partial charge in [0.15, 0.2) is 17.7 Å². The first kappa shape index (κ1) is 15.5. The summed E-state index contributed by atoms with van der Waals surface area (Å²) in [4.78, 5) is 23.0. The van der Waals surface area contributed by atoms with Gasteiger partial charge in [-0.3, -0.25) is 4.79 Å². The number of rotatable bonds is 5. The average Bonchev–Trinajstić information content (AvgIpc) is 2.88. The zero-order valence-corrected chi connectivity index (χ0v) is 12.2. The molecule has 0 aromatic heterocycles. The summed E-state index contributed by atoms with van der Waals surface area (Å²) < 4.78 is 26.6. The van der Waals surface area contributed by atoms with Gasteiger partial charge in [0.2, 0.25) is 0 Å². The molecule has 0 saturated carbocycles. The fourth-order valence-corrected chi connectivity index (χ4v) is 2.09. The van der Waals surface area contributed by atoms with Gasteiger partial charge in [-0.15, -0.1) is 0 Å². The van der Waals surface area contributed by atoms with Crippen molar-refractivity contribution in [3.05, 3.63) is 24.2 Å². The van der Waals surface area contributed by atoms with Crippen LogP contribution in [0.15, 0.2) is 24.2 Å². The maximum atomic E-state index is 11.9. The molecule has 0 spiro atoms. The molecule has 0 aromatic carbocycles. The van der Waals surface area contributed by atoms with Gasteiger partial charge in [0.05, 0.1) is 6.61 Å². The second-order valence-corrected chi connectivity index (χ2v) is 5.08. The van der Waals surface area contributed by atoms with Crippen molar-refractivity contribution in [1.82, 2.24) is 0 Å². The summed E-state index contributed by atoms with van der Waals surface area (Å²) in [6, 6.07) is 0. The largest absolute Gasteiger partial charge is 0.486 e. The number of hydrogen-bond acceptors (Lipinski definition) is 7. The Labute approximate surface area is 122 Å². The highest BCUT2D eigenvalue weighted by molar-refractivity contribution is 5.92. The Kier molecular flexibility index (Phi) is 4.34. The molecule has 2 heterocycles. The summed E-state index contributed by atoms with van der Waals surface area (Å²) in [6.45, 7) is 8.61. The molecule has 0 N–H and O–H groups in total. The van der Waals surface area contributed by atoms with E-state index >= 15 is 0 Å². The second-order valence-electron chi connectivity index (χ2n) is 5.08. The van der Waals surface area contributed by atoms with Crippen LogP contribution in [0.2, 0.25) is 0 Å². The molecule has 0 bridgehead atoms. The van der Waals surface area contributed by atoms with Crippen molar-refractivity contribution in [3.8, 4) is 0 Å². The third-order valence-electron chi connectivity index (χ3n) is 2.87. The molecule has 2 rings (SSSR count). The SMILES string of the molecule is C=CCOC1=C(OC(C)=O)C(=O)OC1C1COC(C)(C)O1. The molecule has 116 valence electrons. The van der Waals surface area contributed by atoms with Gasteiger partial charge in [0, 0.05) is 6.92 Å². The van der Waals surface area contributed by atoms with Crippen molar-refractivity contribution in [2.24, 2.45) is 0 Å². The van der Waals surface area contributed by atoms with E-state index in [9.17, 15) is 9.59 Å². The molecule has 1 fully saturated rings. The van der Waals surface area contributed by atoms with Crippen molar-refractivity contribution in [2.75, 3.05) is 13.2 Å². The van der Waals surface area contributed by atoms with E-state index in [-0.39, 0.29) is 24.7 Å². The van der Waals surface area contributed by atoms with Crippen LogP contribution in [-0.2, 0) is 33.3 Å². The van der Waals surface area contributed by atoms with Crippen molar-refractivity contribution in [2.45, 2.75) is 38.8 Å². The Hall–Kier alpha value is -1.86. The van der Waals surface area contributed by atoms with E-state index in [4.69, 9.17) is 23.7 Å². The number of carbonyl (C=O) groups is 2. The maximum absolute atomic E-state index is 11.9. The fraction of sp³-hybridized carbons (Fsp3) is 0.571. The lowest BCUT2D eigenvalue weighted by Crippen LogP contribution is -2.33. The molecule has 7 nitrogen and oxygen atoms in total. The van der Waals surface area contributed by atoms with Crippen molar-refractivity contribution >= 4 is 11.9 Å². The van der Waals surface area contributed by atoms with Crippen LogP contribution < -0.4 is 0 Å². The van der Waals surface area contributed by atoms with Crippen LogP contribution >= 0.6 is 0 Å². The standard InChI is InChI=1S/C14H18O7/c1-5-6-17-11-10(9-7-18-14(3,4)21-9)20-13(16)12(11)19-8(2)15/h5,9-10H,1,6-7H2,2-4H3. The van der Waals surface area contributed by atoms with Crippen LogP contribution in [0.5, 0.6) is 0 Å². The van der Waals surface area contributed by atoms with E-state index in [1.165, 1.54) is 13.0 Å². The van der Waals surface area contributed by atoms with Crippen molar-refractivity contribution < 1.29 is 33.3 Å². The molecule has 2 aliphatic rings. The second kappa shape index (κ2) is 5.87. The van der Waals surface area contributed by atoms with Gasteiger partial charge in [-0.05, 0) is 13.8 Å². The molecular weight excluding hydrogens is 280 g/mol. The summed E-state index contributed by atoms with van der Waals surface area (Å²) in [5.41, 5.74) is 0. The minimum Gasteiger partial charge on any atom is -0.486 e. The minimum atomic E-state index is -0.812. The topological polar surface area (TPSA) is 80.3 Å². The summed E-state index contributed by atoms with van der Waals surface area (Å²) >= 11 is 0. The van der Waals surface area contributed by atoms with Gasteiger partial charge in [0.1, 0.15) is 12.7 Å². The fourth-order valence-electron chi connectivity index (χ4n) is 2.09. The van der Waals surface area contributed by atoms with Gasteiger partial charge < -0.3 is 23.7 Å². The minimum absolute atomic E-state index is 0.126. The lowest BCUT2D eigenvalue weighted by atomic mass is 10.2. The van der Waals surface area contributed by atoms with Gasteiger partial charge in [-0.1, -0.05) is 12.7 Å². The average molecular weight is 298 g/mol. The van der Waals surface area contributed by atoms with Gasteiger partial charge in [-0.25, -0.2) is 4.79 Å². The van der Waals surface area contributed by atoms with Crippen molar-refractivity contribution in [3.63, 3.8) is 0 Å². The molecule has 0 aromatic rings. The first-order valence-corrected chi connectivity index (χ1v) is 6.53. The van der Waals surface area contributed by atoms with E-state index in [2.05, 4.69) is 6.58 Å². The maximum Gasteiger partial charge on any atom is 0.378 e. The summed E-state index contributed by atoms with van der Waals surface area (Å²) in [5.74, 6) is -2.29. The Balaban J connectivity index is 2.24. The normalized spacial score (nSPS) is 27.5. The van der Waals surface area contributed by atoms with Crippen LogP contribution in [0, 0.1) is 0 Å². The lowest BCUT2D eigenvalue weighted by Gasteiger charge is -2.21. The van der Waals surface area contributed by atoms with E-state index < -0.39 is 29.9 Å². The molecule has 0 aliphatic carbocycles. The number of cyclic esters (lactones) is 1. The predicted molar refractivity (Wildman–Crippen MR) is 69.7 cm³/mol. The first-order chi connectivity index (χ1) is 9.84. The molecule has 7 heteroatoms. The molecule has 2 unspecified atom stereocenters. The monoisotopic (exact) mass is 298 g/mol. The quantitative estimate of drug-likeness (QED) is 0.554. The zero-order valence-electron chi connectivity index (χ0n) is 12.2. The Morgan fingerprint density at radius 2 is 2.24 bits per heavy atom. The highest BCUT2D eigenvalue weighted by Crippen LogP contribution is 2.34. The highest BCUT2D eigenvalue weighted by atomic mass is 16.8. The third-order valence-corrected chi connectivity index (χ3v) is 2.87. The van der Waals surface area contributed by atoms with Crippen LogP contribution in [0.4, 0.5) is 0 Å². The summed E-state index contributed by atoms with van der Waals surface area (Å²) in [7, 11) is 0. The molecule has 0 radical (unpaired) electrons. The highest BCUT2D eigenvalue weighted by Gasteiger charge is 2.48. The molecular formula is C14H18O7. The number of ether oxygens (including phenoxy) is 5.